The Balaban J connectivity index is 1.83. The van der Waals surface area contributed by atoms with Crippen LogP contribution in [0, 0.1) is 0 Å². The molecule has 0 bridgehead atoms. The number of hydrogen-bond acceptors (Lipinski definition) is 5. The number of methoxy groups -OCH3 is 1. The fourth-order valence-corrected chi connectivity index (χ4v) is 4.02. The summed E-state index contributed by atoms with van der Waals surface area (Å²) in [6.45, 7) is 5.47. The highest BCUT2D eigenvalue weighted by Gasteiger charge is 2.23. The summed E-state index contributed by atoms with van der Waals surface area (Å²) >= 11 is 0. The third-order valence-electron chi connectivity index (χ3n) is 4.59. The predicted octanol–water partition coefficient (Wildman–Crippen LogP) is 1.41. The van der Waals surface area contributed by atoms with Gasteiger partial charge in [0.15, 0.2) is 0 Å². The molecule has 0 radical (unpaired) electrons. The van der Waals surface area contributed by atoms with Gasteiger partial charge in [-0.15, -0.1) is 0 Å². The summed E-state index contributed by atoms with van der Waals surface area (Å²) in [5, 5.41) is 0. The average Bonchev–Trinajstić information content (AvgIpc) is 2.64. The van der Waals surface area contributed by atoms with E-state index in [1.165, 1.54) is 10.6 Å². The molecule has 1 aromatic carbocycles. The second-order valence-corrected chi connectivity index (χ2v) is 8.46. The maximum Gasteiger partial charge on any atom is 0.224 e. The normalized spacial score (nSPS) is 15.4. The molecule has 8 heteroatoms. The zero-order valence-electron chi connectivity index (χ0n) is 15.8. The lowest BCUT2D eigenvalue weighted by Crippen LogP contribution is -2.49. The molecule has 1 fully saturated rings. The van der Waals surface area contributed by atoms with Gasteiger partial charge >= 0.3 is 0 Å². The Bertz CT molecular complexity index is 683. The molecule has 7 nitrogen and oxygen atoms in total. The summed E-state index contributed by atoms with van der Waals surface area (Å²) in [7, 11) is -1.62. The van der Waals surface area contributed by atoms with Crippen LogP contribution in [0.5, 0.6) is 5.75 Å². The number of anilines is 1. The molecule has 26 heavy (non-hydrogen) atoms. The van der Waals surface area contributed by atoms with Gasteiger partial charge in [0.05, 0.1) is 13.4 Å². The van der Waals surface area contributed by atoms with E-state index in [-0.39, 0.29) is 18.9 Å². The number of nitrogens with zero attached hydrogens (tertiary/aromatic N) is 3. The number of carbonyl (C=O) groups is 1. The first-order valence-electron chi connectivity index (χ1n) is 8.97. The van der Waals surface area contributed by atoms with E-state index in [2.05, 4.69) is 4.90 Å². The van der Waals surface area contributed by atoms with Crippen LogP contribution in [-0.2, 0) is 14.8 Å². The topological polar surface area (TPSA) is 70.2 Å². The van der Waals surface area contributed by atoms with Crippen molar-refractivity contribution in [1.82, 2.24) is 9.21 Å². The van der Waals surface area contributed by atoms with Gasteiger partial charge < -0.3 is 14.5 Å². The Morgan fingerprint density at radius 3 is 2.23 bits per heavy atom. The minimum Gasteiger partial charge on any atom is -0.497 e. The van der Waals surface area contributed by atoms with Crippen LogP contribution < -0.4 is 9.64 Å². The quantitative estimate of drug-likeness (QED) is 0.679. The molecule has 0 spiro atoms. The standard InChI is InChI=1S/C18H29N3O4S/c1-4-10-21(26(3,23)24)11-9-18(22)20-14-12-19(13-15-20)16-5-7-17(25-2)8-6-16/h5-8H,4,9-15H2,1-3H3. The Morgan fingerprint density at radius 1 is 1.12 bits per heavy atom. The van der Waals surface area contributed by atoms with E-state index < -0.39 is 10.0 Å². The largest absolute Gasteiger partial charge is 0.497 e. The summed E-state index contributed by atoms with van der Waals surface area (Å²) < 4.78 is 30.0. The predicted molar refractivity (Wildman–Crippen MR) is 103 cm³/mol. The highest BCUT2D eigenvalue weighted by Crippen LogP contribution is 2.20. The monoisotopic (exact) mass is 383 g/mol. The number of amides is 1. The van der Waals surface area contributed by atoms with Gasteiger partial charge in [-0.2, -0.15) is 0 Å². The SMILES string of the molecule is CCCN(CCC(=O)N1CCN(c2ccc(OC)cc2)CC1)S(C)(=O)=O. The maximum atomic E-state index is 12.4. The fraction of sp³-hybridized carbons (Fsp3) is 0.611. The first kappa shape index (κ1) is 20.5. The van der Waals surface area contributed by atoms with Crippen LogP contribution in [0.4, 0.5) is 5.69 Å². The first-order chi connectivity index (χ1) is 12.3. The van der Waals surface area contributed by atoms with E-state index in [1.54, 1.807) is 7.11 Å². The minimum absolute atomic E-state index is 0.0177. The number of piperazine rings is 1. The van der Waals surface area contributed by atoms with E-state index in [1.807, 2.05) is 36.1 Å². The summed E-state index contributed by atoms with van der Waals surface area (Å²) in [5.74, 6) is 0.842. The zero-order chi connectivity index (χ0) is 19.2. The number of hydrogen-bond donors (Lipinski definition) is 0. The first-order valence-corrected chi connectivity index (χ1v) is 10.8. The summed E-state index contributed by atoms with van der Waals surface area (Å²) in [6.07, 6.45) is 2.16. The van der Waals surface area contributed by atoms with Gasteiger partial charge in [0.25, 0.3) is 0 Å². The van der Waals surface area contributed by atoms with Gasteiger partial charge in [-0.3, -0.25) is 4.79 Å². The molecule has 1 aliphatic heterocycles. The van der Waals surface area contributed by atoms with Crippen molar-refractivity contribution in [2.45, 2.75) is 19.8 Å². The van der Waals surface area contributed by atoms with Gasteiger partial charge in [0.2, 0.25) is 15.9 Å². The van der Waals surface area contributed by atoms with E-state index in [4.69, 9.17) is 4.74 Å². The van der Waals surface area contributed by atoms with Gasteiger partial charge in [-0.25, -0.2) is 12.7 Å². The molecule has 1 amide bonds. The van der Waals surface area contributed by atoms with E-state index in [9.17, 15) is 13.2 Å². The zero-order valence-corrected chi connectivity index (χ0v) is 16.7. The Morgan fingerprint density at radius 2 is 1.73 bits per heavy atom. The lowest BCUT2D eigenvalue weighted by Gasteiger charge is -2.36. The van der Waals surface area contributed by atoms with Crippen molar-refractivity contribution in [3.63, 3.8) is 0 Å². The van der Waals surface area contributed by atoms with Gasteiger partial charge in [0.1, 0.15) is 5.75 Å². The van der Waals surface area contributed by atoms with Gasteiger partial charge in [0, 0.05) is 51.4 Å². The van der Waals surface area contributed by atoms with E-state index in [0.29, 0.717) is 19.6 Å². The highest BCUT2D eigenvalue weighted by atomic mass is 32.2. The molecule has 0 aromatic heterocycles. The summed E-state index contributed by atoms with van der Waals surface area (Å²) in [6, 6.07) is 7.90. The van der Waals surface area contributed by atoms with E-state index >= 15 is 0 Å². The molecule has 0 atom stereocenters. The molecule has 0 unspecified atom stereocenters. The molecular weight excluding hydrogens is 354 g/mol. The molecule has 0 saturated carbocycles. The number of sulfonamides is 1. The molecule has 0 N–H and O–H groups in total. The average molecular weight is 384 g/mol. The summed E-state index contributed by atoms with van der Waals surface area (Å²) in [4.78, 5) is 16.5. The second-order valence-electron chi connectivity index (χ2n) is 6.48. The fourth-order valence-electron chi connectivity index (χ4n) is 3.08. The van der Waals surface area contributed by atoms with Crippen LogP contribution in [0.2, 0.25) is 0 Å². The van der Waals surface area contributed by atoms with Crippen molar-refractivity contribution in [3.05, 3.63) is 24.3 Å². The van der Waals surface area contributed by atoms with Crippen molar-refractivity contribution in [2.75, 3.05) is 57.5 Å². The third kappa shape index (κ3) is 5.60. The molecule has 1 heterocycles. The lowest BCUT2D eigenvalue weighted by molar-refractivity contribution is -0.131. The Kier molecular flexibility index (Phi) is 7.28. The Labute approximate surface area is 156 Å². The Hall–Kier alpha value is -1.80. The number of benzene rings is 1. The van der Waals surface area contributed by atoms with Crippen LogP contribution in [-0.4, -0.2) is 76.2 Å². The maximum absolute atomic E-state index is 12.4. The van der Waals surface area contributed by atoms with Gasteiger partial charge in [-0.05, 0) is 30.7 Å². The van der Waals surface area contributed by atoms with Crippen molar-refractivity contribution >= 4 is 21.6 Å². The van der Waals surface area contributed by atoms with Crippen LogP contribution in [0.1, 0.15) is 19.8 Å². The number of ether oxygens (including phenoxy) is 1. The molecule has 2 rings (SSSR count). The third-order valence-corrected chi connectivity index (χ3v) is 5.89. The molecule has 146 valence electrons. The highest BCUT2D eigenvalue weighted by molar-refractivity contribution is 7.88. The minimum atomic E-state index is -3.26. The van der Waals surface area contributed by atoms with Crippen molar-refractivity contribution in [1.29, 1.82) is 0 Å². The van der Waals surface area contributed by atoms with Crippen LogP contribution in [0.15, 0.2) is 24.3 Å². The molecule has 0 aliphatic carbocycles. The second kappa shape index (κ2) is 9.23. The van der Waals surface area contributed by atoms with Gasteiger partial charge in [-0.1, -0.05) is 6.92 Å². The molecule has 1 saturated heterocycles. The van der Waals surface area contributed by atoms with Crippen molar-refractivity contribution < 1.29 is 17.9 Å². The van der Waals surface area contributed by atoms with Crippen LogP contribution in [0.25, 0.3) is 0 Å². The number of carbonyl (C=O) groups excluding carboxylic acids is 1. The van der Waals surface area contributed by atoms with Crippen molar-refractivity contribution in [2.24, 2.45) is 0 Å². The van der Waals surface area contributed by atoms with Crippen molar-refractivity contribution in [3.8, 4) is 5.75 Å². The molecule has 1 aliphatic rings. The molecule has 1 aromatic rings. The smallest absolute Gasteiger partial charge is 0.224 e. The molecular formula is C18H29N3O4S. The van der Waals surface area contributed by atoms with Crippen LogP contribution in [0.3, 0.4) is 0 Å². The van der Waals surface area contributed by atoms with Crippen LogP contribution >= 0.6 is 0 Å². The lowest BCUT2D eigenvalue weighted by atomic mass is 10.2. The number of rotatable bonds is 8. The van der Waals surface area contributed by atoms with E-state index in [0.717, 1.165) is 30.9 Å². The summed E-state index contributed by atoms with van der Waals surface area (Å²) in [5.41, 5.74) is 1.11.